The molecule has 1 heterocycles. The minimum absolute atomic E-state index is 0.0275. The predicted molar refractivity (Wildman–Crippen MR) is 66.9 cm³/mol. The Kier molecular flexibility index (Phi) is 3.80. The van der Waals surface area contributed by atoms with Crippen molar-refractivity contribution in [3.05, 3.63) is 28.8 Å². The number of aliphatic hydroxyl groups excluding tert-OH is 2. The van der Waals surface area contributed by atoms with Crippen LogP contribution in [0.25, 0.3) is 0 Å². The summed E-state index contributed by atoms with van der Waals surface area (Å²) in [5.41, 5.74) is -0.0275. The SMILES string of the molecule is N#Cc1ccc(Cl)cc1S(=O)(=O)N1C[C@@H](O)[C@@H](O)C1. The molecule has 2 N–H and O–H groups in total. The van der Waals surface area contributed by atoms with Crippen molar-refractivity contribution >= 4 is 21.6 Å². The van der Waals surface area contributed by atoms with Crippen LogP contribution in [0.15, 0.2) is 23.1 Å². The second-order valence-electron chi connectivity index (χ2n) is 4.21. The molecule has 0 aromatic heterocycles. The zero-order chi connectivity index (χ0) is 14.2. The fourth-order valence-corrected chi connectivity index (χ4v) is 3.75. The first kappa shape index (κ1) is 14.2. The summed E-state index contributed by atoms with van der Waals surface area (Å²) in [6.07, 6.45) is -2.25. The Bertz CT molecular complexity index is 631. The van der Waals surface area contributed by atoms with E-state index >= 15 is 0 Å². The minimum atomic E-state index is -3.96. The van der Waals surface area contributed by atoms with Gasteiger partial charge >= 0.3 is 0 Å². The molecule has 8 heteroatoms. The van der Waals surface area contributed by atoms with Crippen LogP contribution < -0.4 is 0 Å². The number of sulfonamides is 1. The summed E-state index contributed by atoms with van der Waals surface area (Å²) >= 11 is 5.75. The molecular weight excluding hydrogens is 292 g/mol. The summed E-state index contributed by atoms with van der Waals surface area (Å²) in [7, 11) is -3.96. The Hall–Kier alpha value is -1.17. The molecule has 0 unspecified atom stereocenters. The standard InChI is InChI=1S/C11H11ClN2O4S/c12-8-2-1-7(4-13)11(3-8)19(17,18)14-5-9(15)10(16)6-14/h1-3,9-10,15-16H,5-6H2/t9-,10+. The van der Waals surface area contributed by atoms with E-state index in [2.05, 4.69) is 0 Å². The van der Waals surface area contributed by atoms with E-state index in [1.165, 1.54) is 18.2 Å². The second kappa shape index (κ2) is 5.07. The van der Waals surface area contributed by atoms with E-state index in [-0.39, 0.29) is 28.6 Å². The van der Waals surface area contributed by atoms with Crippen LogP contribution in [0.5, 0.6) is 0 Å². The topological polar surface area (TPSA) is 102 Å². The number of nitriles is 1. The third-order valence-electron chi connectivity index (χ3n) is 2.91. The van der Waals surface area contributed by atoms with E-state index in [1.54, 1.807) is 6.07 Å². The van der Waals surface area contributed by atoms with Crippen LogP contribution in [0.2, 0.25) is 5.02 Å². The molecule has 102 valence electrons. The summed E-state index contributed by atoms with van der Waals surface area (Å²) in [5, 5.41) is 28.0. The highest BCUT2D eigenvalue weighted by Gasteiger charge is 2.38. The third-order valence-corrected chi connectivity index (χ3v) is 5.01. The number of hydrogen-bond donors (Lipinski definition) is 2. The molecule has 0 amide bonds. The van der Waals surface area contributed by atoms with Crippen molar-refractivity contribution in [3.63, 3.8) is 0 Å². The Morgan fingerprint density at radius 2 is 1.89 bits per heavy atom. The van der Waals surface area contributed by atoms with E-state index < -0.39 is 22.2 Å². The maximum Gasteiger partial charge on any atom is 0.244 e. The molecule has 1 aliphatic heterocycles. The summed E-state index contributed by atoms with van der Waals surface area (Å²) in [5.74, 6) is 0. The van der Waals surface area contributed by atoms with Crippen LogP contribution in [0.3, 0.4) is 0 Å². The highest BCUT2D eigenvalue weighted by atomic mass is 35.5. The molecule has 0 saturated carbocycles. The van der Waals surface area contributed by atoms with Gasteiger partial charge in [0.05, 0.1) is 17.8 Å². The van der Waals surface area contributed by atoms with Crippen LogP contribution >= 0.6 is 11.6 Å². The molecule has 1 saturated heterocycles. The zero-order valence-corrected chi connectivity index (χ0v) is 11.3. The van der Waals surface area contributed by atoms with Crippen LogP contribution in [0, 0.1) is 11.3 Å². The van der Waals surface area contributed by atoms with Crippen LogP contribution in [-0.4, -0.2) is 48.2 Å². The molecule has 1 aromatic carbocycles. The van der Waals surface area contributed by atoms with Gasteiger partial charge in [-0.1, -0.05) is 11.6 Å². The molecule has 2 atom stereocenters. The van der Waals surface area contributed by atoms with Crippen LogP contribution in [-0.2, 0) is 10.0 Å². The number of β-amino-alcohol motifs (C(OH)–C–C–N with tert-alkyl or cyclic N) is 2. The number of rotatable bonds is 2. The maximum atomic E-state index is 12.4. The zero-order valence-electron chi connectivity index (χ0n) is 9.69. The van der Waals surface area contributed by atoms with Gasteiger partial charge in [-0.2, -0.15) is 9.57 Å². The predicted octanol–water partition coefficient (Wildman–Crippen LogP) is -0.0622. The average Bonchev–Trinajstić information content (AvgIpc) is 2.70. The van der Waals surface area contributed by atoms with Gasteiger partial charge in [-0.15, -0.1) is 0 Å². The first-order chi connectivity index (χ1) is 8.86. The Morgan fingerprint density at radius 1 is 1.32 bits per heavy atom. The van der Waals surface area contributed by atoms with E-state index in [0.29, 0.717) is 0 Å². The van der Waals surface area contributed by atoms with Crippen molar-refractivity contribution in [2.75, 3.05) is 13.1 Å². The molecule has 0 radical (unpaired) electrons. The van der Waals surface area contributed by atoms with Gasteiger partial charge in [0.1, 0.15) is 11.0 Å². The quantitative estimate of drug-likeness (QED) is 0.797. The monoisotopic (exact) mass is 302 g/mol. The summed E-state index contributed by atoms with van der Waals surface area (Å²) in [6.45, 7) is -0.415. The fraction of sp³-hybridized carbons (Fsp3) is 0.364. The van der Waals surface area contributed by atoms with Gasteiger partial charge in [0.15, 0.2) is 0 Å². The van der Waals surface area contributed by atoms with Crippen molar-refractivity contribution in [2.24, 2.45) is 0 Å². The Morgan fingerprint density at radius 3 is 2.42 bits per heavy atom. The van der Waals surface area contributed by atoms with Crippen LogP contribution in [0.1, 0.15) is 5.56 Å². The van der Waals surface area contributed by atoms with Gasteiger partial charge in [-0.25, -0.2) is 8.42 Å². The smallest absolute Gasteiger partial charge is 0.244 e. The lowest BCUT2D eigenvalue weighted by atomic mass is 10.2. The van der Waals surface area contributed by atoms with Gasteiger partial charge < -0.3 is 10.2 Å². The molecule has 1 aromatic rings. The molecule has 0 aliphatic carbocycles. The largest absolute Gasteiger partial charge is 0.389 e. The summed E-state index contributed by atoms with van der Waals surface area (Å²) < 4.78 is 25.6. The lowest BCUT2D eigenvalue weighted by molar-refractivity contribution is 0.0572. The van der Waals surface area contributed by atoms with Crippen molar-refractivity contribution in [1.29, 1.82) is 5.26 Å². The fourth-order valence-electron chi connectivity index (χ4n) is 1.87. The average molecular weight is 303 g/mol. The van der Waals surface area contributed by atoms with Gasteiger partial charge in [0.25, 0.3) is 0 Å². The number of halogens is 1. The highest BCUT2D eigenvalue weighted by Crippen LogP contribution is 2.26. The molecule has 0 spiro atoms. The number of benzene rings is 1. The molecule has 19 heavy (non-hydrogen) atoms. The molecule has 0 bridgehead atoms. The van der Waals surface area contributed by atoms with E-state index in [4.69, 9.17) is 16.9 Å². The van der Waals surface area contributed by atoms with Gasteiger partial charge in [0, 0.05) is 18.1 Å². The van der Waals surface area contributed by atoms with Gasteiger partial charge in [-0.05, 0) is 18.2 Å². The first-order valence-corrected chi connectivity index (χ1v) is 7.24. The molecule has 2 rings (SSSR count). The first-order valence-electron chi connectivity index (χ1n) is 5.42. The Balaban J connectivity index is 2.46. The summed E-state index contributed by atoms with van der Waals surface area (Å²) in [6, 6.07) is 5.71. The number of aliphatic hydroxyl groups is 2. The van der Waals surface area contributed by atoms with Gasteiger partial charge in [0.2, 0.25) is 10.0 Å². The number of nitrogens with zero attached hydrogens (tertiary/aromatic N) is 2. The van der Waals surface area contributed by atoms with E-state index in [0.717, 1.165) is 4.31 Å². The van der Waals surface area contributed by atoms with Crippen molar-refractivity contribution in [1.82, 2.24) is 4.31 Å². The number of hydrogen-bond acceptors (Lipinski definition) is 5. The van der Waals surface area contributed by atoms with Crippen molar-refractivity contribution < 1.29 is 18.6 Å². The van der Waals surface area contributed by atoms with Gasteiger partial charge in [-0.3, -0.25) is 0 Å². The molecule has 1 aliphatic rings. The molecule has 1 fully saturated rings. The van der Waals surface area contributed by atoms with E-state index in [9.17, 15) is 18.6 Å². The lowest BCUT2D eigenvalue weighted by Crippen LogP contribution is -2.30. The van der Waals surface area contributed by atoms with Crippen molar-refractivity contribution in [3.8, 4) is 6.07 Å². The van der Waals surface area contributed by atoms with Crippen molar-refractivity contribution in [2.45, 2.75) is 17.1 Å². The lowest BCUT2D eigenvalue weighted by Gasteiger charge is -2.16. The highest BCUT2D eigenvalue weighted by molar-refractivity contribution is 7.89. The maximum absolute atomic E-state index is 12.4. The van der Waals surface area contributed by atoms with E-state index in [1.807, 2.05) is 0 Å². The summed E-state index contributed by atoms with van der Waals surface area (Å²) in [4.78, 5) is -0.219. The second-order valence-corrected chi connectivity index (χ2v) is 6.55. The Labute approximate surface area is 115 Å². The normalized spacial score (nSPS) is 24.3. The minimum Gasteiger partial charge on any atom is -0.389 e. The molecule has 6 nitrogen and oxygen atoms in total. The van der Waals surface area contributed by atoms with Crippen LogP contribution in [0.4, 0.5) is 0 Å². The molecular formula is C11H11ClN2O4S. The third kappa shape index (κ3) is 2.59.